The summed E-state index contributed by atoms with van der Waals surface area (Å²) in [4.78, 5) is 12.7. The molecule has 14 heavy (non-hydrogen) atoms. The molecule has 0 aromatic carbocycles. The first-order valence-corrected chi connectivity index (χ1v) is 5.18. The summed E-state index contributed by atoms with van der Waals surface area (Å²) in [5.41, 5.74) is 0. The first-order chi connectivity index (χ1) is 6.52. The van der Waals surface area contributed by atoms with E-state index >= 15 is 0 Å². The summed E-state index contributed by atoms with van der Waals surface area (Å²) in [5.74, 6) is -0.750. The van der Waals surface area contributed by atoms with Crippen LogP contribution in [0.2, 0.25) is 0 Å². The van der Waals surface area contributed by atoms with Gasteiger partial charge in [0, 0.05) is 12.1 Å². The molecule has 1 aliphatic heterocycles. The summed E-state index contributed by atoms with van der Waals surface area (Å²) in [6.07, 6.45) is 1.76. The van der Waals surface area contributed by atoms with Crippen LogP contribution in [0.3, 0.4) is 0 Å². The van der Waals surface area contributed by atoms with Gasteiger partial charge < -0.3 is 10.2 Å². The van der Waals surface area contributed by atoms with Crippen molar-refractivity contribution in [3.63, 3.8) is 0 Å². The van der Waals surface area contributed by atoms with Gasteiger partial charge in [-0.2, -0.15) is 0 Å². The largest absolute Gasteiger partial charge is 0.481 e. The van der Waals surface area contributed by atoms with E-state index in [0.29, 0.717) is 0 Å². The minimum absolute atomic E-state index is 0.0573. The van der Waals surface area contributed by atoms with E-state index in [1.165, 1.54) is 0 Å². The van der Waals surface area contributed by atoms with Crippen LogP contribution in [-0.4, -0.2) is 45.8 Å². The zero-order valence-electron chi connectivity index (χ0n) is 8.81. The second-order valence-electron chi connectivity index (χ2n) is 4.11. The van der Waals surface area contributed by atoms with Crippen molar-refractivity contribution in [1.82, 2.24) is 4.90 Å². The van der Waals surface area contributed by atoms with Crippen molar-refractivity contribution in [2.45, 2.75) is 51.3 Å². The Bertz CT molecular complexity index is 206. The van der Waals surface area contributed by atoms with Crippen LogP contribution in [-0.2, 0) is 4.79 Å². The Morgan fingerprint density at radius 3 is 2.71 bits per heavy atom. The van der Waals surface area contributed by atoms with Crippen molar-refractivity contribution in [1.29, 1.82) is 0 Å². The highest BCUT2D eigenvalue weighted by atomic mass is 16.4. The quantitative estimate of drug-likeness (QED) is 0.702. The number of carboxylic acids is 1. The monoisotopic (exact) mass is 201 g/mol. The molecule has 4 nitrogen and oxygen atoms in total. The van der Waals surface area contributed by atoms with Crippen LogP contribution in [0.15, 0.2) is 0 Å². The van der Waals surface area contributed by atoms with E-state index in [4.69, 9.17) is 5.11 Å². The number of carbonyl (C=O) groups is 1. The molecular weight excluding hydrogens is 182 g/mol. The third-order valence-corrected chi connectivity index (χ3v) is 3.05. The van der Waals surface area contributed by atoms with E-state index < -0.39 is 12.1 Å². The van der Waals surface area contributed by atoms with E-state index in [1.54, 1.807) is 6.92 Å². The fourth-order valence-electron chi connectivity index (χ4n) is 2.09. The highest BCUT2D eigenvalue weighted by Crippen LogP contribution is 2.23. The van der Waals surface area contributed by atoms with Gasteiger partial charge in [-0.25, -0.2) is 0 Å². The minimum atomic E-state index is -0.750. The van der Waals surface area contributed by atoms with Gasteiger partial charge in [0.05, 0.1) is 12.5 Å². The zero-order valence-corrected chi connectivity index (χ0v) is 8.81. The van der Waals surface area contributed by atoms with Crippen LogP contribution in [0, 0.1) is 0 Å². The molecule has 1 fully saturated rings. The smallest absolute Gasteiger partial charge is 0.304 e. The lowest BCUT2D eigenvalue weighted by atomic mass is 10.1. The lowest BCUT2D eigenvalue weighted by Crippen LogP contribution is -2.43. The number of nitrogens with zero attached hydrogens (tertiary/aromatic N) is 1. The Hall–Kier alpha value is -0.610. The molecule has 0 radical (unpaired) electrons. The van der Waals surface area contributed by atoms with Gasteiger partial charge >= 0.3 is 5.97 Å². The number of aliphatic hydroxyl groups excluding tert-OH is 1. The summed E-state index contributed by atoms with van der Waals surface area (Å²) in [5, 5.41) is 18.2. The van der Waals surface area contributed by atoms with Crippen LogP contribution < -0.4 is 0 Å². The number of likely N-dealkylation sites (tertiary alicyclic amines) is 1. The van der Waals surface area contributed by atoms with Gasteiger partial charge in [0.25, 0.3) is 0 Å². The highest BCUT2D eigenvalue weighted by molar-refractivity contribution is 5.67. The molecule has 0 saturated carbocycles. The summed E-state index contributed by atoms with van der Waals surface area (Å²) < 4.78 is 0. The zero-order chi connectivity index (χ0) is 10.7. The summed E-state index contributed by atoms with van der Waals surface area (Å²) in [6.45, 7) is 4.61. The number of hydrogen-bond donors (Lipinski definition) is 2. The molecule has 0 spiro atoms. The predicted octanol–water partition coefficient (Wildman–Crippen LogP) is 0.695. The maximum Gasteiger partial charge on any atom is 0.304 e. The van der Waals surface area contributed by atoms with Gasteiger partial charge in [0.2, 0.25) is 0 Å². The molecule has 1 saturated heterocycles. The van der Waals surface area contributed by atoms with Crippen LogP contribution in [0.1, 0.15) is 33.1 Å². The van der Waals surface area contributed by atoms with Crippen LogP contribution >= 0.6 is 0 Å². The topological polar surface area (TPSA) is 60.8 Å². The Morgan fingerprint density at radius 1 is 1.57 bits per heavy atom. The maximum atomic E-state index is 10.6. The predicted molar refractivity (Wildman–Crippen MR) is 53.1 cm³/mol. The number of rotatable bonds is 4. The molecule has 82 valence electrons. The van der Waals surface area contributed by atoms with E-state index in [0.717, 1.165) is 19.4 Å². The molecule has 4 heteroatoms. The van der Waals surface area contributed by atoms with Gasteiger partial charge in [-0.3, -0.25) is 9.69 Å². The lowest BCUT2D eigenvalue weighted by molar-refractivity contribution is -0.138. The minimum Gasteiger partial charge on any atom is -0.481 e. The van der Waals surface area contributed by atoms with Gasteiger partial charge in [-0.05, 0) is 33.2 Å². The average Bonchev–Trinajstić information content (AvgIpc) is 2.49. The second kappa shape index (κ2) is 4.75. The molecule has 1 rings (SSSR count). The second-order valence-corrected chi connectivity index (χ2v) is 4.11. The molecule has 0 amide bonds. The van der Waals surface area contributed by atoms with Crippen molar-refractivity contribution in [3.05, 3.63) is 0 Å². The summed E-state index contributed by atoms with van der Waals surface area (Å²) in [7, 11) is 0. The van der Waals surface area contributed by atoms with E-state index in [-0.39, 0.29) is 18.5 Å². The highest BCUT2D eigenvalue weighted by Gasteiger charge is 2.31. The Labute approximate surface area is 84.5 Å². The number of aliphatic carboxylic acids is 1. The van der Waals surface area contributed by atoms with Gasteiger partial charge in [-0.1, -0.05) is 0 Å². The van der Waals surface area contributed by atoms with Crippen molar-refractivity contribution < 1.29 is 15.0 Å². The lowest BCUT2D eigenvalue weighted by Gasteiger charge is -2.31. The molecule has 3 unspecified atom stereocenters. The summed E-state index contributed by atoms with van der Waals surface area (Å²) >= 11 is 0. The molecular formula is C10H19NO3. The fourth-order valence-corrected chi connectivity index (χ4v) is 2.09. The standard InChI is InChI=1S/C10H19NO3/c1-7(8(2)12)11-5-3-4-9(11)6-10(13)14/h7-9,12H,3-6H2,1-2H3,(H,13,14). The normalized spacial score (nSPS) is 27.5. The molecule has 0 aromatic heterocycles. The molecule has 1 aliphatic rings. The number of aliphatic hydroxyl groups is 1. The van der Waals surface area contributed by atoms with Crippen LogP contribution in [0.25, 0.3) is 0 Å². The van der Waals surface area contributed by atoms with E-state index in [2.05, 4.69) is 4.90 Å². The molecule has 0 aromatic rings. The molecule has 3 atom stereocenters. The van der Waals surface area contributed by atoms with Crippen molar-refractivity contribution >= 4 is 5.97 Å². The van der Waals surface area contributed by atoms with Gasteiger partial charge in [0.1, 0.15) is 0 Å². The molecule has 1 heterocycles. The maximum absolute atomic E-state index is 10.6. The first kappa shape index (κ1) is 11.5. The van der Waals surface area contributed by atoms with E-state index in [1.807, 2.05) is 6.92 Å². The number of carboxylic acid groups (broad SMARTS) is 1. The van der Waals surface area contributed by atoms with Gasteiger partial charge in [0.15, 0.2) is 0 Å². The Morgan fingerprint density at radius 2 is 2.21 bits per heavy atom. The molecule has 0 aliphatic carbocycles. The Kier molecular flexibility index (Phi) is 3.89. The third-order valence-electron chi connectivity index (χ3n) is 3.05. The van der Waals surface area contributed by atoms with Crippen LogP contribution in [0.5, 0.6) is 0 Å². The van der Waals surface area contributed by atoms with Crippen molar-refractivity contribution in [2.24, 2.45) is 0 Å². The van der Waals surface area contributed by atoms with Gasteiger partial charge in [-0.15, -0.1) is 0 Å². The van der Waals surface area contributed by atoms with E-state index in [9.17, 15) is 9.90 Å². The van der Waals surface area contributed by atoms with Crippen molar-refractivity contribution in [3.8, 4) is 0 Å². The third kappa shape index (κ3) is 2.69. The average molecular weight is 201 g/mol. The van der Waals surface area contributed by atoms with Crippen molar-refractivity contribution in [2.75, 3.05) is 6.54 Å². The summed E-state index contributed by atoms with van der Waals surface area (Å²) in [6, 6.07) is 0.166. The SMILES string of the molecule is CC(O)C(C)N1CCCC1CC(=O)O. The fraction of sp³-hybridized carbons (Fsp3) is 0.900. The van der Waals surface area contributed by atoms with Crippen LogP contribution in [0.4, 0.5) is 0 Å². The first-order valence-electron chi connectivity index (χ1n) is 5.18. The Balaban J connectivity index is 2.54. The molecule has 2 N–H and O–H groups in total. The molecule has 0 bridgehead atoms. The number of hydrogen-bond acceptors (Lipinski definition) is 3.